The van der Waals surface area contributed by atoms with Crippen molar-refractivity contribution in [1.82, 2.24) is 0 Å². The summed E-state index contributed by atoms with van der Waals surface area (Å²) in [5.74, 6) is -2.20. The van der Waals surface area contributed by atoms with Gasteiger partial charge in [-0.15, -0.1) is 0 Å². The van der Waals surface area contributed by atoms with Gasteiger partial charge < -0.3 is 33.8 Å². The van der Waals surface area contributed by atoms with E-state index in [4.69, 9.17) is 37.0 Å². The minimum atomic E-state index is -4.98. The molecule has 0 aliphatic rings. The van der Waals surface area contributed by atoms with Gasteiger partial charge in [0, 0.05) is 25.7 Å². The maximum absolute atomic E-state index is 13.1. The number of carbonyl (C=O) groups excluding carboxylic acids is 4. The van der Waals surface area contributed by atoms with E-state index in [9.17, 15) is 43.2 Å². The molecule has 2 unspecified atom stereocenters. The van der Waals surface area contributed by atoms with Gasteiger partial charge in [0.25, 0.3) is 0 Å². The first-order chi connectivity index (χ1) is 46.7. The van der Waals surface area contributed by atoms with Crippen LogP contribution in [0.15, 0.2) is 72.9 Å². The number of ether oxygens (including phenoxy) is 4. The summed E-state index contributed by atoms with van der Waals surface area (Å²) < 4.78 is 68.4. The first kappa shape index (κ1) is 92.5. The molecule has 0 aromatic carbocycles. The first-order valence-electron chi connectivity index (χ1n) is 38.2. The van der Waals surface area contributed by atoms with Gasteiger partial charge in [0.1, 0.15) is 19.3 Å². The van der Waals surface area contributed by atoms with Crippen molar-refractivity contribution in [2.24, 2.45) is 0 Å². The van der Waals surface area contributed by atoms with Crippen molar-refractivity contribution in [3.63, 3.8) is 0 Å². The molecule has 558 valence electrons. The fraction of sp³-hybridized carbons (Fsp3) is 0.792. The summed E-state index contributed by atoms with van der Waals surface area (Å²) in [5.41, 5.74) is 0. The van der Waals surface area contributed by atoms with Crippen LogP contribution in [0.3, 0.4) is 0 Å². The molecule has 0 aromatic rings. The molecule has 0 aliphatic carbocycles. The predicted molar refractivity (Wildman–Crippen MR) is 390 cm³/mol. The number of esters is 4. The normalized spacial score (nSPS) is 14.4. The number of phosphoric ester groups is 2. The van der Waals surface area contributed by atoms with Crippen molar-refractivity contribution in [1.29, 1.82) is 0 Å². The van der Waals surface area contributed by atoms with Crippen LogP contribution in [-0.4, -0.2) is 96.7 Å². The van der Waals surface area contributed by atoms with Gasteiger partial charge in [-0.25, -0.2) is 9.13 Å². The maximum Gasteiger partial charge on any atom is 0.472 e. The van der Waals surface area contributed by atoms with Crippen LogP contribution in [0.25, 0.3) is 0 Å². The number of allylic oxidation sites excluding steroid dienone is 12. The monoisotopic (exact) mass is 1400 g/mol. The molecule has 17 nitrogen and oxygen atoms in total. The molecule has 0 saturated heterocycles. The van der Waals surface area contributed by atoms with Crippen molar-refractivity contribution in [3.8, 4) is 0 Å². The van der Waals surface area contributed by atoms with Crippen LogP contribution in [0, 0.1) is 0 Å². The SMILES string of the molecule is CCCCCC/C=C\C=C/CCCCCCCC(=O)OC[C@H](COP(=O)(O)OC[C@@H](O)COP(=O)(O)OC[C@@H](COC(=O)CCCCCCCCCCCCC)OC(=O)CCCCCCC/C=C\C=C/CCCCCC)OC(=O)CCCCCCC/C=C\C=C/CCCCCC. The van der Waals surface area contributed by atoms with Crippen LogP contribution < -0.4 is 0 Å². The fourth-order valence-corrected chi connectivity index (χ4v) is 11.9. The van der Waals surface area contributed by atoms with E-state index in [0.29, 0.717) is 25.7 Å². The average molecular weight is 1400 g/mol. The van der Waals surface area contributed by atoms with Crippen LogP contribution in [0.1, 0.15) is 336 Å². The topological polar surface area (TPSA) is 237 Å². The summed E-state index contributed by atoms with van der Waals surface area (Å²) in [4.78, 5) is 72.8. The second kappa shape index (κ2) is 70.0. The van der Waals surface area contributed by atoms with E-state index in [1.807, 2.05) is 0 Å². The third kappa shape index (κ3) is 69.0. The molecule has 0 aromatic heterocycles. The van der Waals surface area contributed by atoms with Crippen LogP contribution in [0.2, 0.25) is 0 Å². The van der Waals surface area contributed by atoms with E-state index < -0.39 is 97.5 Å². The molecule has 0 fully saturated rings. The largest absolute Gasteiger partial charge is 0.472 e. The van der Waals surface area contributed by atoms with E-state index in [1.165, 1.54) is 122 Å². The van der Waals surface area contributed by atoms with Crippen LogP contribution in [0.4, 0.5) is 0 Å². The highest BCUT2D eigenvalue weighted by Crippen LogP contribution is 2.45. The lowest BCUT2D eigenvalue weighted by molar-refractivity contribution is -0.161. The number of carbonyl (C=O) groups is 4. The van der Waals surface area contributed by atoms with E-state index >= 15 is 0 Å². The van der Waals surface area contributed by atoms with E-state index in [2.05, 4.69) is 101 Å². The van der Waals surface area contributed by atoms with Gasteiger partial charge >= 0.3 is 39.5 Å². The van der Waals surface area contributed by atoms with Gasteiger partial charge in [-0.2, -0.15) is 0 Å². The van der Waals surface area contributed by atoms with Crippen molar-refractivity contribution < 1.29 is 80.2 Å². The van der Waals surface area contributed by atoms with Crippen LogP contribution >= 0.6 is 15.6 Å². The summed E-state index contributed by atoms with van der Waals surface area (Å²) in [5, 5.41) is 10.6. The zero-order chi connectivity index (χ0) is 70.4. The molecule has 0 heterocycles. The Hall–Kier alpha value is -3.50. The summed E-state index contributed by atoms with van der Waals surface area (Å²) in [7, 11) is -9.95. The molecule has 96 heavy (non-hydrogen) atoms. The lowest BCUT2D eigenvalue weighted by Gasteiger charge is -2.21. The number of hydrogen-bond donors (Lipinski definition) is 3. The van der Waals surface area contributed by atoms with Gasteiger partial charge in [-0.3, -0.25) is 37.3 Å². The number of unbranched alkanes of at least 4 members (excludes halogenated alkanes) is 37. The number of hydrogen-bond acceptors (Lipinski definition) is 15. The minimum Gasteiger partial charge on any atom is -0.462 e. The quantitative estimate of drug-likeness (QED) is 0.0169. The first-order valence-corrected chi connectivity index (χ1v) is 41.2. The molecule has 0 spiro atoms. The smallest absolute Gasteiger partial charge is 0.462 e. The van der Waals surface area contributed by atoms with Gasteiger partial charge in [0.2, 0.25) is 0 Å². The molecule has 19 heteroatoms. The third-order valence-electron chi connectivity index (χ3n) is 16.2. The van der Waals surface area contributed by atoms with Crippen molar-refractivity contribution >= 4 is 39.5 Å². The van der Waals surface area contributed by atoms with Crippen molar-refractivity contribution in [2.45, 2.75) is 354 Å². The highest BCUT2D eigenvalue weighted by molar-refractivity contribution is 7.47. The average Bonchev–Trinajstić information content (AvgIpc) is 1.14. The van der Waals surface area contributed by atoms with Crippen molar-refractivity contribution in [2.75, 3.05) is 39.6 Å². The Bertz CT molecular complexity index is 2110. The Kier molecular flexibility index (Phi) is 67.4. The number of rotatable bonds is 72. The zero-order valence-corrected chi connectivity index (χ0v) is 62.6. The lowest BCUT2D eigenvalue weighted by atomic mass is 10.1. The van der Waals surface area contributed by atoms with E-state index in [-0.39, 0.29) is 25.7 Å². The van der Waals surface area contributed by atoms with Crippen molar-refractivity contribution in [3.05, 3.63) is 72.9 Å². The summed E-state index contributed by atoms with van der Waals surface area (Å²) in [6.45, 7) is 4.79. The van der Waals surface area contributed by atoms with E-state index in [1.54, 1.807) is 0 Å². The summed E-state index contributed by atoms with van der Waals surface area (Å²) >= 11 is 0. The number of phosphoric acid groups is 2. The maximum atomic E-state index is 13.1. The van der Waals surface area contributed by atoms with E-state index in [0.717, 1.165) is 135 Å². The Morgan fingerprint density at radius 1 is 0.292 bits per heavy atom. The minimum absolute atomic E-state index is 0.0760. The molecule has 0 rings (SSSR count). The van der Waals surface area contributed by atoms with Crippen LogP contribution in [-0.2, 0) is 65.4 Å². The summed E-state index contributed by atoms with van der Waals surface area (Å²) in [6, 6.07) is 0. The van der Waals surface area contributed by atoms with Gasteiger partial charge in [0.05, 0.1) is 26.4 Å². The molecule has 0 bridgehead atoms. The molecule has 0 aliphatic heterocycles. The number of aliphatic hydroxyl groups excluding tert-OH is 1. The second-order valence-electron chi connectivity index (χ2n) is 25.7. The Balaban J connectivity index is 5.36. The van der Waals surface area contributed by atoms with Gasteiger partial charge in [0.15, 0.2) is 12.2 Å². The lowest BCUT2D eigenvalue weighted by Crippen LogP contribution is -2.30. The van der Waals surface area contributed by atoms with Gasteiger partial charge in [-0.1, -0.05) is 280 Å². The molecule has 0 saturated carbocycles. The van der Waals surface area contributed by atoms with Gasteiger partial charge in [-0.05, 0) is 103 Å². The zero-order valence-electron chi connectivity index (χ0n) is 60.8. The highest BCUT2D eigenvalue weighted by atomic mass is 31.2. The Labute approximate surface area is 583 Å². The molecular weight excluding hydrogens is 1260 g/mol. The Morgan fingerprint density at radius 2 is 0.500 bits per heavy atom. The molecular formula is C77H138O17P2. The standard InChI is InChI=1S/C77H138O17P2/c1-5-9-13-17-21-25-29-32-35-38-42-46-50-54-58-62-75(80)88-68-73(94-77(82)64-60-56-52-48-44-40-37-34-31-27-23-19-15-11-7-3)70-92-96(85,86)90-66-71(78)65-89-95(83,84)91-69-72(67-87-74(79)61-57-53-49-45-41-28-24-20-16-12-8-4)93-76(81)63-59-55-51-47-43-39-36-33-30-26-22-18-14-10-6-2/h25-27,29-37,71-73,78H,5-24,28,38-70H2,1-4H3,(H,83,84)(H,85,86)/b29-25-,30-26-,31-27-,35-32-,36-33-,37-34-/t71-,72+,73+/m0/s1. The van der Waals surface area contributed by atoms with Crippen LogP contribution in [0.5, 0.6) is 0 Å². The Morgan fingerprint density at radius 3 is 0.760 bits per heavy atom. The second-order valence-corrected chi connectivity index (χ2v) is 28.6. The third-order valence-corrected chi connectivity index (χ3v) is 18.1. The predicted octanol–water partition coefficient (Wildman–Crippen LogP) is 21.7. The molecule has 0 amide bonds. The molecule has 0 radical (unpaired) electrons. The molecule has 5 atom stereocenters. The fourth-order valence-electron chi connectivity index (χ4n) is 10.3. The highest BCUT2D eigenvalue weighted by Gasteiger charge is 2.30. The summed E-state index contributed by atoms with van der Waals surface area (Å²) in [6.07, 6.45) is 68.9. The molecule has 3 N–H and O–H groups in total. The number of aliphatic hydroxyl groups is 1.